The number of hydrogen-bond acceptors (Lipinski definition) is 6. The number of rotatable bonds is 7. The largest absolute Gasteiger partial charge is 0.495 e. The molecule has 2 aromatic carbocycles. The van der Waals surface area contributed by atoms with Crippen molar-refractivity contribution in [1.29, 1.82) is 0 Å². The van der Waals surface area contributed by atoms with E-state index in [0.717, 1.165) is 11.8 Å². The normalized spacial score (nSPS) is 17.0. The highest BCUT2D eigenvalue weighted by Gasteiger charge is 2.32. The van der Waals surface area contributed by atoms with Crippen LogP contribution in [0.2, 0.25) is 10.0 Å². The van der Waals surface area contributed by atoms with E-state index in [-0.39, 0.29) is 17.5 Å². The Labute approximate surface area is 215 Å². The summed E-state index contributed by atoms with van der Waals surface area (Å²) in [7, 11) is -0.211. The molecule has 0 radical (unpaired) electrons. The summed E-state index contributed by atoms with van der Waals surface area (Å²) in [4.78, 5) is 19.4. The minimum absolute atomic E-state index is 0.0951. The van der Waals surface area contributed by atoms with Crippen LogP contribution in [0.4, 0.5) is 0 Å². The number of halogens is 2. The Morgan fingerprint density at radius 3 is 2.63 bits per heavy atom. The summed E-state index contributed by atoms with van der Waals surface area (Å²) < 4.78 is 30.7. The molecule has 1 heterocycles. The number of carbonyl (C=O) groups is 1. The molecule has 0 fully saturated rings. The van der Waals surface area contributed by atoms with E-state index in [9.17, 15) is 13.2 Å². The van der Waals surface area contributed by atoms with Crippen molar-refractivity contribution in [2.24, 2.45) is 10.7 Å². The molecule has 0 saturated carbocycles. The molecule has 1 atom stereocenters. The Morgan fingerprint density at radius 1 is 1.29 bits per heavy atom. The molecule has 0 aliphatic carbocycles. The van der Waals surface area contributed by atoms with Crippen molar-refractivity contribution < 1.29 is 17.9 Å². The number of nitrogens with one attached hydrogen (secondary N) is 1. The number of nitrogens with two attached hydrogens (primary N) is 1. The number of ether oxygens (including phenoxy) is 1. The average Bonchev–Trinajstić information content (AvgIpc) is 2.80. The lowest BCUT2D eigenvalue weighted by atomic mass is 9.91. The van der Waals surface area contributed by atoms with Gasteiger partial charge in [0.15, 0.2) is 0 Å². The number of sulfonamides is 1. The predicted octanol–water partition coefficient (Wildman–Crippen LogP) is 3.62. The van der Waals surface area contributed by atoms with E-state index < -0.39 is 16.1 Å². The van der Waals surface area contributed by atoms with Crippen molar-refractivity contribution >= 4 is 44.8 Å². The van der Waals surface area contributed by atoms with Crippen LogP contribution >= 0.6 is 23.2 Å². The fourth-order valence-corrected chi connectivity index (χ4v) is 5.02. The first-order chi connectivity index (χ1) is 16.5. The third-order valence-corrected chi connectivity index (χ3v) is 7.10. The van der Waals surface area contributed by atoms with Gasteiger partial charge in [-0.15, -0.1) is 0 Å². The van der Waals surface area contributed by atoms with Gasteiger partial charge in [0.25, 0.3) is 5.91 Å². The Hall–Kier alpha value is -2.59. The monoisotopic (exact) mass is 538 g/mol. The van der Waals surface area contributed by atoms with E-state index in [1.807, 2.05) is 13.0 Å². The van der Waals surface area contributed by atoms with E-state index in [4.69, 9.17) is 33.7 Å². The second-order valence-corrected chi connectivity index (χ2v) is 10.8. The van der Waals surface area contributed by atoms with Crippen molar-refractivity contribution in [1.82, 2.24) is 9.62 Å². The van der Waals surface area contributed by atoms with Gasteiger partial charge in [0.2, 0.25) is 10.0 Å². The molecule has 1 aliphatic rings. The number of benzene rings is 2. The lowest BCUT2D eigenvalue weighted by Crippen LogP contribution is -2.46. The molecule has 2 aromatic rings. The van der Waals surface area contributed by atoms with Crippen LogP contribution in [0.3, 0.4) is 0 Å². The van der Waals surface area contributed by atoms with Crippen molar-refractivity contribution in [3.8, 4) is 5.75 Å². The molecule has 1 amide bonds. The summed E-state index contributed by atoms with van der Waals surface area (Å²) in [5.41, 5.74) is 10.3. The van der Waals surface area contributed by atoms with Crippen LogP contribution in [0, 0.1) is 0 Å². The molecule has 8 nitrogen and oxygen atoms in total. The topological polar surface area (TPSA) is 114 Å². The molecule has 35 heavy (non-hydrogen) atoms. The molecule has 0 unspecified atom stereocenters. The van der Waals surface area contributed by atoms with Gasteiger partial charge < -0.3 is 15.4 Å². The summed E-state index contributed by atoms with van der Waals surface area (Å²) in [5, 5.41) is 0.701. The lowest BCUT2D eigenvalue weighted by Gasteiger charge is -2.36. The van der Waals surface area contributed by atoms with Gasteiger partial charge in [-0.05, 0) is 49.2 Å². The van der Waals surface area contributed by atoms with Crippen LogP contribution in [0.5, 0.6) is 5.75 Å². The minimum Gasteiger partial charge on any atom is -0.495 e. The highest BCUT2D eigenvalue weighted by atomic mass is 35.5. The summed E-state index contributed by atoms with van der Waals surface area (Å²) >= 11 is 12.7. The standard InChI is InChI=1S/C24H28Cl2N4O4S/c1-14-22(27)19(8-9-30(14)24(31)18-6-5-7-20(34-3)21(18)26)23(28-2)16-10-15(11-17(25)12-16)13-29-35(4,32)33/h5-7,10-12,14,29H,8-9,13,27H2,1-4H3/t14-/m0/s1. The molecule has 1 aliphatic heterocycles. The fraction of sp³-hybridized carbons (Fsp3) is 0.333. The van der Waals surface area contributed by atoms with Crippen molar-refractivity contribution in [3.63, 3.8) is 0 Å². The van der Waals surface area contributed by atoms with Gasteiger partial charge in [0.1, 0.15) is 5.75 Å². The first kappa shape index (κ1) is 27.0. The third kappa shape index (κ3) is 6.16. The average molecular weight is 539 g/mol. The zero-order valence-electron chi connectivity index (χ0n) is 19.9. The summed E-state index contributed by atoms with van der Waals surface area (Å²) in [6, 6.07) is 9.93. The van der Waals surface area contributed by atoms with Crippen molar-refractivity contribution in [2.75, 3.05) is 27.0 Å². The number of methoxy groups -OCH3 is 1. The zero-order chi connectivity index (χ0) is 25.9. The molecule has 0 spiro atoms. The number of aliphatic imine (C=N–C) groups is 1. The Morgan fingerprint density at radius 2 is 2.00 bits per heavy atom. The van der Waals surface area contributed by atoms with Crippen LogP contribution in [0.25, 0.3) is 0 Å². The second-order valence-electron chi connectivity index (χ2n) is 8.19. The third-order valence-electron chi connectivity index (χ3n) is 5.82. The van der Waals surface area contributed by atoms with E-state index in [0.29, 0.717) is 51.8 Å². The fourth-order valence-electron chi connectivity index (χ4n) is 4.05. The first-order valence-electron chi connectivity index (χ1n) is 10.8. The number of amides is 1. The molecule has 3 N–H and O–H groups in total. The Balaban J connectivity index is 1.92. The number of nitrogens with zero attached hydrogens (tertiary/aromatic N) is 2. The van der Waals surface area contributed by atoms with Crippen LogP contribution in [0.15, 0.2) is 52.7 Å². The van der Waals surface area contributed by atoms with E-state index in [2.05, 4.69) is 9.71 Å². The van der Waals surface area contributed by atoms with Gasteiger partial charge in [-0.25, -0.2) is 13.1 Å². The predicted molar refractivity (Wildman–Crippen MR) is 140 cm³/mol. The molecule has 3 rings (SSSR count). The van der Waals surface area contributed by atoms with Crippen LogP contribution in [0.1, 0.15) is 34.8 Å². The van der Waals surface area contributed by atoms with E-state index in [1.165, 1.54) is 7.11 Å². The zero-order valence-corrected chi connectivity index (χ0v) is 22.3. The van der Waals surface area contributed by atoms with E-state index in [1.54, 1.807) is 42.3 Å². The van der Waals surface area contributed by atoms with Crippen LogP contribution in [-0.4, -0.2) is 57.9 Å². The smallest absolute Gasteiger partial charge is 0.256 e. The molecule has 0 bridgehead atoms. The van der Waals surface area contributed by atoms with Gasteiger partial charge in [-0.1, -0.05) is 29.3 Å². The molecule has 11 heteroatoms. The minimum atomic E-state index is -3.36. The van der Waals surface area contributed by atoms with Gasteiger partial charge in [0, 0.05) is 42.0 Å². The van der Waals surface area contributed by atoms with Gasteiger partial charge in [0.05, 0.1) is 35.7 Å². The molecule has 0 saturated heterocycles. The Bertz CT molecular complexity index is 1310. The second kappa shape index (κ2) is 11.0. The molecular formula is C24H28Cl2N4O4S. The van der Waals surface area contributed by atoms with Crippen LogP contribution < -0.4 is 15.2 Å². The first-order valence-corrected chi connectivity index (χ1v) is 13.4. The molecule has 0 aromatic heterocycles. The summed E-state index contributed by atoms with van der Waals surface area (Å²) in [6.07, 6.45) is 1.57. The van der Waals surface area contributed by atoms with Crippen molar-refractivity contribution in [2.45, 2.75) is 25.9 Å². The van der Waals surface area contributed by atoms with Gasteiger partial charge in [-0.3, -0.25) is 9.79 Å². The van der Waals surface area contributed by atoms with Crippen LogP contribution in [-0.2, 0) is 16.6 Å². The van der Waals surface area contributed by atoms with Crippen molar-refractivity contribution in [3.05, 3.63) is 74.4 Å². The summed E-state index contributed by atoms with van der Waals surface area (Å²) in [5.74, 6) is 0.184. The summed E-state index contributed by atoms with van der Waals surface area (Å²) in [6.45, 7) is 2.36. The number of carbonyl (C=O) groups excluding carboxylic acids is 1. The quantitative estimate of drug-likeness (QED) is 0.522. The maximum absolute atomic E-state index is 13.3. The van der Waals surface area contributed by atoms with Gasteiger partial charge >= 0.3 is 0 Å². The lowest BCUT2D eigenvalue weighted by molar-refractivity contribution is 0.0706. The SMILES string of the molecule is CN=C(C1=C(N)[C@H](C)N(C(=O)c2cccc(OC)c2Cl)CC1)c1cc(Cl)cc(CNS(C)(=O)=O)c1. The number of hydrogen-bond donors (Lipinski definition) is 2. The molecular weight excluding hydrogens is 511 g/mol. The Kier molecular flexibility index (Phi) is 8.48. The maximum atomic E-state index is 13.3. The highest BCUT2D eigenvalue weighted by molar-refractivity contribution is 7.88. The maximum Gasteiger partial charge on any atom is 0.256 e. The van der Waals surface area contributed by atoms with Gasteiger partial charge in [-0.2, -0.15) is 0 Å². The highest BCUT2D eigenvalue weighted by Crippen LogP contribution is 2.32. The molecule has 188 valence electrons. The van der Waals surface area contributed by atoms with E-state index >= 15 is 0 Å².